The Morgan fingerprint density at radius 2 is 2.21 bits per heavy atom. The third-order valence-electron chi connectivity index (χ3n) is 2.36. The second-order valence-electron chi connectivity index (χ2n) is 4.56. The van der Waals surface area contributed by atoms with E-state index in [1.807, 2.05) is 0 Å². The highest BCUT2D eigenvalue weighted by Gasteiger charge is 2.11. The molecule has 0 heterocycles. The molecular formula is C13H20ClN3O2. The number of rotatable bonds is 7. The molecule has 0 aliphatic heterocycles. The van der Waals surface area contributed by atoms with Crippen molar-refractivity contribution in [1.29, 1.82) is 0 Å². The zero-order chi connectivity index (χ0) is 14.3. The molecule has 6 heteroatoms. The van der Waals surface area contributed by atoms with Gasteiger partial charge in [0.1, 0.15) is 0 Å². The number of nitrogens with one attached hydrogen (secondary N) is 2. The second kappa shape index (κ2) is 7.99. The van der Waals surface area contributed by atoms with E-state index >= 15 is 0 Å². The molecule has 4 N–H and O–H groups in total. The van der Waals surface area contributed by atoms with Crippen LogP contribution in [0.3, 0.4) is 0 Å². The van der Waals surface area contributed by atoms with Crippen molar-refractivity contribution in [3.8, 4) is 0 Å². The number of hydrogen-bond acceptors (Lipinski definition) is 4. The molecule has 0 aliphatic carbocycles. The fourth-order valence-corrected chi connectivity index (χ4v) is 1.65. The lowest BCUT2D eigenvalue weighted by molar-refractivity contribution is 0.0887. The molecule has 1 aromatic carbocycles. The van der Waals surface area contributed by atoms with Crippen molar-refractivity contribution in [2.75, 3.05) is 25.2 Å². The zero-order valence-electron chi connectivity index (χ0n) is 11.2. The molecule has 0 spiro atoms. The first-order chi connectivity index (χ1) is 9.04. The summed E-state index contributed by atoms with van der Waals surface area (Å²) in [5.41, 5.74) is 3.42. The highest BCUT2D eigenvalue weighted by atomic mass is 35.5. The fraction of sp³-hybridized carbons (Fsp3) is 0.462. The molecule has 0 saturated heterocycles. The van der Waals surface area contributed by atoms with Crippen molar-refractivity contribution >= 4 is 23.2 Å². The third kappa shape index (κ3) is 5.46. The van der Waals surface area contributed by atoms with Gasteiger partial charge >= 0.3 is 0 Å². The van der Waals surface area contributed by atoms with Crippen LogP contribution in [0, 0.1) is 5.92 Å². The van der Waals surface area contributed by atoms with E-state index in [1.54, 1.807) is 18.2 Å². The number of hydrazine groups is 1. The minimum absolute atomic E-state index is 0.233. The van der Waals surface area contributed by atoms with Crippen molar-refractivity contribution < 1.29 is 9.53 Å². The summed E-state index contributed by atoms with van der Waals surface area (Å²) >= 11 is 5.86. The van der Waals surface area contributed by atoms with Crippen LogP contribution in [-0.4, -0.2) is 25.7 Å². The van der Waals surface area contributed by atoms with Gasteiger partial charge in [0.2, 0.25) is 0 Å². The predicted octanol–water partition coefficient (Wildman–Crippen LogP) is 2.03. The number of hydrogen-bond donors (Lipinski definition) is 3. The molecule has 106 valence electrons. The Labute approximate surface area is 118 Å². The molecule has 1 aromatic rings. The lowest BCUT2D eigenvalue weighted by atomic mass is 10.1. The van der Waals surface area contributed by atoms with Crippen LogP contribution in [0.4, 0.5) is 5.69 Å². The number of amides is 1. The fourth-order valence-electron chi connectivity index (χ4n) is 1.48. The molecule has 0 aromatic heterocycles. The molecule has 19 heavy (non-hydrogen) atoms. The molecular weight excluding hydrogens is 266 g/mol. The van der Waals surface area contributed by atoms with Crippen LogP contribution in [0.1, 0.15) is 24.2 Å². The smallest absolute Gasteiger partial charge is 0.253 e. The lowest BCUT2D eigenvalue weighted by Gasteiger charge is -2.11. The summed E-state index contributed by atoms with van der Waals surface area (Å²) in [5, 5.41) is 3.24. The SMILES string of the molecule is CC(C)COCCNC(=O)c1cc(Cl)ccc1NN. The molecule has 0 radical (unpaired) electrons. The van der Waals surface area contributed by atoms with Gasteiger partial charge in [0.25, 0.3) is 5.91 Å². The summed E-state index contributed by atoms with van der Waals surface area (Å²) in [6.07, 6.45) is 0. The largest absolute Gasteiger partial charge is 0.379 e. The van der Waals surface area contributed by atoms with Gasteiger partial charge in [-0.15, -0.1) is 0 Å². The molecule has 0 saturated carbocycles. The van der Waals surface area contributed by atoms with E-state index < -0.39 is 0 Å². The number of carbonyl (C=O) groups is 1. The Kier molecular flexibility index (Phi) is 6.62. The summed E-state index contributed by atoms with van der Waals surface area (Å²) < 4.78 is 5.38. The van der Waals surface area contributed by atoms with Crippen molar-refractivity contribution in [2.24, 2.45) is 11.8 Å². The van der Waals surface area contributed by atoms with E-state index in [9.17, 15) is 4.79 Å². The van der Waals surface area contributed by atoms with E-state index in [0.717, 1.165) is 0 Å². The first-order valence-corrected chi connectivity index (χ1v) is 6.54. The normalized spacial score (nSPS) is 10.6. The Morgan fingerprint density at radius 1 is 1.47 bits per heavy atom. The Balaban J connectivity index is 2.47. The Morgan fingerprint density at radius 3 is 2.84 bits per heavy atom. The van der Waals surface area contributed by atoms with Crippen molar-refractivity contribution in [2.45, 2.75) is 13.8 Å². The molecule has 0 fully saturated rings. The average Bonchev–Trinajstić information content (AvgIpc) is 2.37. The maximum Gasteiger partial charge on any atom is 0.253 e. The molecule has 1 amide bonds. The summed E-state index contributed by atoms with van der Waals surface area (Å²) in [6, 6.07) is 4.90. The van der Waals surface area contributed by atoms with Crippen LogP contribution in [-0.2, 0) is 4.74 Å². The lowest BCUT2D eigenvalue weighted by Crippen LogP contribution is -2.28. The molecule has 5 nitrogen and oxygen atoms in total. The van der Waals surface area contributed by atoms with Gasteiger partial charge in [-0.2, -0.15) is 0 Å². The van der Waals surface area contributed by atoms with Gasteiger partial charge in [0.05, 0.1) is 17.9 Å². The zero-order valence-corrected chi connectivity index (χ0v) is 12.0. The van der Waals surface area contributed by atoms with Crippen LogP contribution in [0.2, 0.25) is 5.02 Å². The topological polar surface area (TPSA) is 76.4 Å². The number of ether oxygens (including phenoxy) is 1. The summed E-state index contributed by atoms with van der Waals surface area (Å²) in [7, 11) is 0. The van der Waals surface area contributed by atoms with Crippen molar-refractivity contribution in [1.82, 2.24) is 5.32 Å². The van der Waals surface area contributed by atoms with Crippen LogP contribution in [0.15, 0.2) is 18.2 Å². The van der Waals surface area contributed by atoms with Gasteiger partial charge in [-0.05, 0) is 24.1 Å². The maximum atomic E-state index is 12.0. The van der Waals surface area contributed by atoms with E-state index in [4.69, 9.17) is 22.2 Å². The minimum Gasteiger partial charge on any atom is -0.379 e. The number of benzene rings is 1. The number of halogens is 1. The van der Waals surface area contributed by atoms with Gasteiger partial charge in [0.15, 0.2) is 0 Å². The summed E-state index contributed by atoms with van der Waals surface area (Å²) in [5.74, 6) is 5.60. The first kappa shape index (κ1) is 15.8. The minimum atomic E-state index is -0.233. The quantitative estimate of drug-likeness (QED) is 0.407. The average molecular weight is 286 g/mol. The number of nitrogens with two attached hydrogens (primary N) is 1. The van der Waals surface area contributed by atoms with Gasteiger partial charge in [-0.25, -0.2) is 0 Å². The van der Waals surface area contributed by atoms with E-state index in [2.05, 4.69) is 24.6 Å². The van der Waals surface area contributed by atoms with Crippen LogP contribution < -0.4 is 16.6 Å². The second-order valence-corrected chi connectivity index (χ2v) is 5.00. The van der Waals surface area contributed by atoms with Crippen molar-refractivity contribution in [3.63, 3.8) is 0 Å². The predicted molar refractivity (Wildman–Crippen MR) is 77.3 cm³/mol. The molecule has 0 atom stereocenters. The number of anilines is 1. The molecule has 1 rings (SSSR count). The van der Waals surface area contributed by atoms with Crippen LogP contribution >= 0.6 is 11.6 Å². The number of carbonyl (C=O) groups excluding carboxylic acids is 1. The molecule has 0 aliphatic rings. The first-order valence-electron chi connectivity index (χ1n) is 6.16. The summed E-state index contributed by atoms with van der Waals surface area (Å²) in [4.78, 5) is 12.0. The summed E-state index contributed by atoms with van der Waals surface area (Å²) in [6.45, 7) is 5.76. The third-order valence-corrected chi connectivity index (χ3v) is 2.60. The highest BCUT2D eigenvalue weighted by molar-refractivity contribution is 6.31. The van der Waals surface area contributed by atoms with Crippen LogP contribution in [0.25, 0.3) is 0 Å². The van der Waals surface area contributed by atoms with E-state index in [0.29, 0.717) is 41.9 Å². The molecule has 0 bridgehead atoms. The van der Waals surface area contributed by atoms with E-state index in [-0.39, 0.29) is 5.91 Å². The van der Waals surface area contributed by atoms with Gasteiger partial charge in [0, 0.05) is 18.2 Å². The Bertz CT molecular complexity index is 424. The van der Waals surface area contributed by atoms with Gasteiger partial charge in [-0.1, -0.05) is 25.4 Å². The van der Waals surface area contributed by atoms with Gasteiger partial charge in [-0.3, -0.25) is 10.6 Å². The standard InChI is InChI=1S/C13H20ClN3O2/c1-9(2)8-19-6-5-16-13(18)11-7-10(14)3-4-12(11)17-15/h3-4,7,9,17H,5-6,8,15H2,1-2H3,(H,16,18). The van der Waals surface area contributed by atoms with Gasteiger partial charge < -0.3 is 15.5 Å². The van der Waals surface area contributed by atoms with E-state index in [1.165, 1.54) is 0 Å². The van der Waals surface area contributed by atoms with Crippen LogP contribution in [0.5, 0.6) is 0 Å². The van der Waals surface area contributed by atoms with Crippen molar-refractivity contribution in [3.05, 3.63) is 28.8 Å². The maximum absolute atomic E-state index is 12.0. The monoisotopic (exact) mass is 285 g/mol. The molecule has 0 unspecified atom stereocenters. The highest BCUT2D eigenvalue weighted by Crippen LogP contribution is 2.19. The Hall–Kier alpha value is -1.30. The number of nitrogen functional groups attached to an aromatic ring is 1.